The Hall–Kier alpha value is -1.85. The van der Waals surface area contributed by atoms with Crippen LogP contribution in [0.3, 0.4) is 0 Å². The number of piperidine rings is 1. The number of fused-ring (bicyclic) bond motifs is 1. The van der Waals surface area contributed by atoms with Crippen molar-refractivity contribution in [1.29, 1.82) is 0 Å². The number of nitrogens with zero attached hydrogens (tertiary/aromatic N) is 1. The molecule has 0 saturated carbocycles. The molecular formula is C18H24N2O3. The monoisotopic (exact) mass is 316 g/mol. The Labute approximate surface area is 136 Å². The van der Waals surface area contributed by atoms with E-state index in [1.165, 1.54) is 0 Å². The predicted octanol–water partition coefficient (Wildman–Crippen LogP) is 2.48. The highest BCUT2D eigenvalue weighted by Crippen LogP contribution is 2.25. The lowest BCUT2D eigenvalue weighted by Gasteiger charge is -2.32. The number of aromatic amines is 1. The number of ether oxygens (including phenoxy) is 1. The summed E-state index contributed by atoms with van der Waals surface area (Å²) < 4.78 is 5.73. The van der Waals surface area contributed by atoms with Crippen LogP contribution in [-0.2, 0) is 4.74 Å². The van der Waals surface area contributed by atoms with Crippen LogP contribution in [0.25, 0.3) is 10.9 Å². The normalized spacial score (nSPS) is 16.2. The molecule has 5 nitrogen and oxygen atoms in total. The number of H-pyrrole nitrogens is 1. The van der Waals surface area contributed by atoms with Crippen molar-refractivity contribution in [2.45, 2.75) is 32.3 Å². The van der Waals surface area contributed by atoms with Crippen LogP contribution in [0.2, 0.25) is 0 Å². The number of carbonyl (C=O) groups is 1. The van der Waals surface area contributed by atoms with Crippen LogP contribution >= 0.6 is 0 Å². The van der Waals surface area contributed by atoms with Crippen molar-refractivity contribution < 1.29 is 14.6 Å². The second-order valence-electron chi connectivity index (χ2n) is 6.11. The Balaban J connectivity index is 1.66. The van der Waals surface area contributed by atoms with Gasteiger partial charge in [-0.3, -0.25) is 4.79 Å². The maximum Gasteiger partial charge on any atom is 0.256 e. The lowest BCUT2D eigenvalue weighted by atomic mass is 10.0. The second kappa shape index (κ2) is 7.15. The lowest BCUT2D eigenvalue weighted by Crippen LogP contribution is -2.41. The maximum absolute atomic E-state index is 12.9. The van der Waals surface area contributed by atoms with Crippen LogP contribution in [0.1, 0.15) is 35.3 Å². The van der Waals surface area contributed by atoms with Gasteiger partial charge < -0.3 is 19.7 Å². The lowest BCUT2D eigenvalue weighted by molar-refractivity contribution is 0.00401. The van der Waals surface area contributed by atoms with Gasteiger partial charge in [0, 0.05) is 42.9 Å². The largest absolute Gasteiger partial charge is 0.396 e. The molecule has 1 amide bonds. The Morgan fingerprint density at radius 1 is 1.35 bits per heavy atom. The SMILES string of the molecule is Cc1[nH]c2ccccc2c1C(=O)N1CCC(OCCCO)CC1. The molecule has 0 atom stereocenters. The highest BCUT2D eigenvalue weighted by atomic mass is 16.5. The summed E-state index contributed by atoms with van der Waals surface area (Å²) in [7, 11) is 0. The molecule has 0 radical (unpaired) electrons. The number of aromatic nitrogens is 1. The number of amides is 1. The third kappa shape index (κ3) is 3.41. The van der Waals surface area contributed by atoms with Crippen LogP contribution in [0, 0.1) is 6.92 Å². The Morgan fingerprint density at radius 2 is 2.09 bits per heavy atom. The number of likely N-dealkylation sites (tertiary alicyclic amines) is 1. The van der Waals surface area contributed by atoms with E-state index in [-0.39, 0.29) is 18.6 Å². The third-order valence-corrected chi connectivity index (χ3v) is 4.49. The number of rotatable bonds is 5. The standard InChI is InChI=1S/C18H24N2O3/c1-13-17(15-5-2-3-6-16(15)19-13)18(22)20-9-7-14(8-10-20)23-12-4-11-21/h2-3,5-6,14,19,21H,4,7-12H2,1H3. The van der Waals surface area contributed by atoms with Gasteiger partial charge in [0.05, 0.1) is 11.7 Å². The summed E-state index contributed by atoms with van der Waals surface area (Å²) in [6, 6.07) is 7.94. The number of hydrogen-bond acceptors (Lipinski definition) is 3. The van der Waals surface area contributed by atoms with E-state index in [1.54, 1.807) is 0 Å². The van der Waals surface area contributed by atoms with Crippen molar-refractivity contribution in [2.75, 3.05) is 26.3 Å². The van der Waals surface area contributed by atoms with Crippen molar-refractivity contribution >= 4 is 16.8 Å². The Bertz CT molecular complexity index is 672. The van der Waals surface area contributed by atoms with Crippen LogP contribution < -0.4 is 0 Å². The van der Waals surface area contributed by atoms with Crippen molar-refractivity contribution in [3.05, 3.63) is 35.5 Å². The van der Waals surface area contributed by atoms with Crippen molar-refractivity contribution in [3.8, 4) is 0 Å². The molecule has 1 aliphatic rings. The number of benzene rings is 1. The minimum atomic E-state index is 0.105. The molecule has 2 N–H and O–H groups in total. The van der Waals surface area contributed by atoms with Crippen molar-refractivity contribution in [2.24, 2.45) is 0 Å². The minimum Gasteiger partial charge on any atom is -0.396 e. The van der Waals surface area contributed by atoms with Gasteiger partial charge in [-0.15, -0.1) is 0 Å². The highest BCUT2D eigenvalue weighted by Gasteiger charge is 2.26. The van der Waals surface area contributed by atoms with E-state index in [1.807, 2.05) is 36.1 Å². The summed E-state index contributed by atoms with van der Waals surface area (Å²) in [6.07, 6.45) is 2.60. The molecule has 1 aromatic carbocycles. The predicted molar refractivity (Wildman–Crippen MR) is 89.6 cm³/mol. The van der Waals surface area contributed by atoms with Gasteiger partial charge in [-0.1, -0.05) is 18.2 Å². The fraction of sp³-hybridized carbons (Fsp3) is 0.500. The molecule has 1 saturated heterocycles. The first-order chi connectivity index (χ1) is 11.2. The van der Waals surface area contributed by atoms with E-state index < -0.39 is 0 Å². The molecule has 5 heteroatoms. The number of aliphatic hydroxyl groups is 1. The van der Waals surface area contributed by atoms with Gasteiger partial charge in [-0.05, 0) is 32.3 Å². The molecule has 1 fully saturated rings. The molecule has 1 aliphatic heterocycles. The zero-order chi connectivity index (χ0) is 16.2. The molecule has 3 rings (SSSR count). The summed E-state index contributed by atoms with van der Waals surface area (Å²) in [5, 5.41) is 9.79. The van der Waals surface area contributed by atoms with E-state index in [2.05, 4.69) is 4.98 Å². The number of nitrogens with one attached hydrogen (secondary N) is 1. The van der Waals surface area contributed by atoms with Gasteiger partial charge in [-0.25, -0.2) is 0 Å². The van der Waals surface area contributed by atoms with E-state index in [9.17, 15) is 4.79 Å². The van der Waals surface area contributed by atoms with Crippen molar-refractivity contribution in [3.63, 3.8) is 0 Å². The summed E-state index contributed by atoms with van der Waals surface area (Å²) in [5.74, 6) is 0.105. The molecule has 2 aromatic rings. The summed E-state index contributed by atoms with van der Waals surface area (Å²) in [6.45, 7) is 4.16. The van der Waals surface area contributed by atoms with Gasteiger partial charge in [0.2, 0.25) is 0 Å². The van der Waals surface area contributed by atoms with Gasteiger partial charge in [0.25, 0.3) is 5.91 Å². The topological polar surface area (TPSA) is 65.6 Å². The average molecular weight is 316 g/mol. The quantitative estimate of drug-likeness (QED) is 0.833. The summed E-state index contributed by atoms with van der Waals surface area (Å²) in [5.41, 5.74) is 2.73. The average Bonchev–Trinajstić information content (AvgIpc) is 2.91. The van der Waals surface area contributed by atoms with Crippen molar-refractivity contribution in [1.82, 2.24) is 9.88 Å². The minimum absolute atomic E-state index is 0.105. The zero-order valence-corrected chi connectivity index (χ0v) is 13.5. The second-order valence-corrected chi connectivity index (χ2v) is 6.11. The molecule has 0 aliphatic carbocycles. The molecule has 0 unspecified atom stereocenters. The molecule has 0 bridgehead atoms. The van der Waals surface area contributed by atoms with Crippen LogP contribution in [-0.4, -0.2) is 53.3 Å². The highest BCUT2D eigenvalue weighted by molar-refractivity contribution is 6.08. The fourth-order valence-electron chi connectivity index (χ4n) is 3.25. The maximum atomic E-state index is 12.9. The zero-order valence-electron chi connectivity index (χ0n) is 13.5. The van der Waals surface area contributed by atoms with Crippen LogP contribution in [0.4, 0.5) is 0 Å². The van der Waals surface area contributed by atoms with Crippen LogP contribution in [0.5, 0.6) is 0 Å². The summed E-state index contributed by atoms with van der Waals surface area (Å²) in [4.78, 5) is 18.1. The van der Waals surface area contributed by atoms with Gasteiger partial charge in [0.15, 0.2) is 0 Å². The molecule has 1 aromatic heterocycles. The summed E-state index contributed by atoms with van der Waals surface area (Å²) >= 11 is 0. The molecule has 0 spiro atoms. The number of carbonyl (C=O) groups excluding carboxylic acids is 1. The number of aliphatic hydroxyl groups excluding tert-OH is 1. The number of hydrogen-bond donors (Lipinski definition) is 2. The van der Waals surface area contributed by atoms with E-state index in [0.717, 1.165) is 48.1 Å². The number of aryl methyl sites for hydroxylation is 1. The molecule has 23 heavy (non-hydrogen) atoms. The Kier molecular flexibility index (Phi) is 4.98. The Morgan fingerprint density at radius 3 is 2.83 bits per heavy atom. The molecule has 2 heterocycles. The fourth-order valence-corrected chi connectivity index (χ4v) is 3.25. The van der Waals surface area contributed by atoms with E-state index in [0.29, 0.717) is 13.0 Å². The van der Waals surface area contributed by atoms with Gasteiger partial charge >= 0.3 is 0 Å². The van der Waals surface area contributed by atoms with Gasteiger partial charge in [-0.2, -0.15) is 0 Å². The first-order valence-corrected chi connectivity index (χ1v) is 8.29. The third-order valence-electron chi connectivity index (χ3n) is 4.49. The molecular weight excluding hydrogens is 292 g/mol. The first-order valence-electron chi connectivity index (χ1n) is 8.29. The first kappa shape index (κ1) is 16.0. The van der Waals surface area contributed by atoms with Crippen LogP contribution in [0.15, 0.2) is 24.3 Å². The smallest absolute Gasteiger partial charge is 0.256 e. The number of para-hydroxylation sites is 1. The van der Waals surface area contributed by atoms with Gasteiger partial charge in [0.1, 0.15) is 0 Å². The molecule has 124 valence electrons. The van der Waals surface area contributed by atoms with E-state index in [4.69, 9.17) is 9.84 Å². The van der Waals surface area contributed by atoms with E-state index >= 15 is 0 Å².